The largest absolute Gasteiger partial charge is 0.252 e. The Labute approximate surface area is 107 Å². The van der Waals surface area contributed by atoms with Crippen molar-refractivity contribution in [2.45, 2.75) is 38.5 Å². The Bertz CT molecular complexity index is 548. The quantitative estimate of drug-likeness (QED) is 0.664. The van der Waals surface area contributed by atoms with E-state index >= 15 is 0 Å². The molecule has 3 rings (SSSR count). The van der Waals surface area contributed by atoms with Crippen LogP contribution in [-0.4, -0.2) is 4.98 Å². The normalized spacial score (nSPS) is 16.3. The number of hydrogen-bond acceptors (Lipinski definition) is 1. The van der Waals surface area contributed by atoms with E-state index in [0.717, 1.165) is 28.8 Å². The van der Waals surface area contributed by atoms with Gasteiger partial charge in [0.05, 0.1) is 10.5 Å². The van der Waals surface area contributed by atoms with Crippen LogP contribution in [0, 0.1) is 0 Å². The Kier molecular flexibility index (Phi) is 3.02. The van der Waals surface area contributed by atoms with Crippen molar-refractivity contribution < 1.29 is 0 Å². The van der Waals surface area contributed by atoms with Gasteiger partial charge in [0.15, 0.2) is 0 Å². The number of halogens is 1. The first-order valence-corrected chi connectivity index (χ1v) is 6.80. The molecule has 0 atom stereocenters. The molecule has 0 spiro atoms. The van der Waals surface area contributed by atoms with Gasteiger partial charge in [0.25, 0.3) is 0 Å². The summed E-state index contributed by atoms with van der Waals surface area (Å²) in [5.41, 5.74) is 3.57. The molecule has 1 nitrogen and oxygen atoms in total. The molecular formula is C15H16ClN. The zero-order valence-electron chi connectivity index (χ0n) is 9.88. The molecule has 0 N–H and O–H groups in total. The zero-order valence-corrected chi connectivity index (χ0v) is 10.6. The molecule has 0 fully saturated rings. The van der Waals surface area contributed by atoms with Crippen LogP contribution in [0.5, 0.6) is 0 Å². The van der Waals surface area contributed by atoms with Crippen molar-refractivity contribution in [2.24, 2.45) is 0 Å². The second-order valence-corrected chi connectivity index (χ2v) is 5.16. The number of aromatic nitrogens is 1. The summed E-state index contributed by atoms with van der Waals surface area (Å²) in [7, 11) is 0. The highest BCUT2D eigenvalue weighted by atomic mass is 35.5. The zero-order chi connectivity index (χ0) is 11.7. The molecule has 17 heavy (non-hydrogen) atoms. The molecule has 0 unspecified atom stereocenters. The van der Waals surface area contributed by atoms with Gasteiger partial charge in [-0.25, -0.2) is 0 Å². The lowest BCUT2D eigenvalue weighted by atomic mass is 9.96. The number of aryl methyl sites for hydroxylation is 1. The van der Waals surface area contributed by atoms with Gasteiger partial charge >= 0.3 is 0 Å². The smallest absolute Gasteiger partial charge is 0.0720 e. The minimum atomic E-state index is 0.938. The van der Waals surface area contributed by atoms with Gasteiger partial charge in [-0.05, 0) is 37.3 Å². The van der Waals surface area contributed by atoms with Crippen molar-refractivity contribution in [1.29, 1.82) is 0 Å². The van der Waals surface area contributed by atoms with Crippen molar-refractivity contribution in [3.05, 3.63) is 40.5 Å². The molecule has 2 heteroatoms. The highest BCUT2D eigenvalue weighted by molar-refractivity contribution is 6.36. The maximum atomic E-state index is 6.55. The van der Waals surface area contributed by atoms with E-state index < -0.39 is 0 Å². The van der Waals surface area contributed by atoms with Gasteiger partial charge in [-0.1, -0.05) is 42.6 Å². The molecule has 2 aromatic rings. The number of para-hydroxylation sites is 1. The lowest BCUT2D eigenvalue weighted by Gasteiger charge is -2.16. The molecule has 1 aromatic carbocycles. The molecule has 88 valence electrons. The van der Waals surface area contributed by atoms with Crippen LogP contribution in [0.25, 0.3) is 10.9 Å². The summed E-state index contributed by atoms with van der Waals surface area (Å²) < 4.78 is 0. The van der Waals surface area contributed by atoms with Crippen LogP contribution in [0.4, 0.5) is 0 Å². The Morgan fingerprint density at radius 3 is 2.59 bits per heavy atom. The molecule has 1 aromatic heterocycles. The first kappa shape index (κ1) is 11.0. The molecule has 0 amide bonds. The van der Waals surface area contributed by atoms with E-state index in [2.05, 4.69) is 12.1 Å². The van der Waals surface area contributed by atoms with Crippen LogP contribution in [0.1, 0.15) is 36.9 Å². The van der Waals surface area contributed by atoms with Gasteiger partial charge in [-0.15, -0.1) is 0 Å². The third-order valence-corrected chi connectivity index (χ3v) is 4.03. The number of pyridine rings is 1. The molecule has 0 saturated heterocycles. The van der Waals surface area contributed by atoms with Crippen LogP contribution in [-0.2, 0) is 12.8 Å². The third-order valence-electron chi connectivity index (χ3n) is 3.60. The Hall–Kier alpha value is -1.08. The molecule has 1 heterocycles. The van der Waals surface area contributed by atoms with Crippen LogP contribution in [0.2, 0.25) is 5.02 Å². The van der Waals surface area contributed by atoms with Crippen molar-refractivity contribution in [3.63, 3.8) is 0 Å². The Morgan fingerprint density at radius 2 is 1.71 bits per heavy atom. The molecule has 0 saturated carbocycles. The minimum Gasteiger partial charge on any atom is -0.252 e. The van der Waals surface area contributed by atoms with Gasteiger partial charge in [-0.3, -0.25) is 4.98 Å². The first-order valence-electron chi connectivity index (χ1n) is 6.42. The number of nitrogens with zero attached hydrogens (tertiary/aromatic N) is 1. The second-order valence-electron chi connectivity index (χ2n) is 4.78. The van der Waals surface area contributed by atoms with Gasteiger partial charge in [-0.2, -0.15) is 0 Å². The number of benzene rings is 1. The number of fused-ring (bicyclic) bond motifs is 2. The maximum Gasteiger partial charge on any atom is 0.0720 e. The van der Waals surface area contributed by atoms with Crippen LogP contribution in [0.15, 0.2) is 24.3 Å². The van der Waals surface area contributed by atoms with E-state index in [1.807, 2.05) is 12.1 Å². The molecule has 1 aliphatic rings. The predicted octanol–water partition coefficient (Wildman–Crippen LogP) is 4.55. The van der Waals surface area contributed by atoms with Crippen molar-refractivity contribution >= 4 is 22.5 Å². The summed E-state index contributed by atoms with van der Waals surface area (Å²) in [5.74, 6) is 0. The van der Waals surface area contributed by atoms with E-state index in [4.69, 9.17) is 16.6 Å². The number of rotatable bonds is 0. The predicted molar refractivity (Wildman–Crippen MR) is 72.6 cm³/mol. The highest BCUT2D eigenvalue weighted by Gasteiger charge is 2.14. The van der Waals surface area contributed by atoms with Crippen molar-refractivity contribution in [3.8, 4) is 0 Å². The fourth-order valence-corrected chi connectivity index (χ4v) is 3.03. The van der Waals surface area contributed by atoms with Crippen LogP contribution in [0.3, 0.4) is 0 Å². The van der Waals surface area contributed by atoms with Gasteiger partial charge in [0.1, 0.15) is 0 Å². The Balaban J connectivity index is 2.21. The average molecular weight is 246 g/mol. The summed E-state index contributed by atoms with van der Waals surface area (Å²) >= 11 is 6.55. The Morgan fingerprint density at radius 1 is 0.941 bits per heavy atom. The molecule has 0 radical (unpaired) electrons. The molecular weight excluding hydrogens is 230 g/mol. The maximum absolute atomic E-state index is 6.55. The molecule has 0 bridgehead atoms. The fourth-order valence-electron chi connectivity index (χ4n) is 2.67. The lowest BCUT2D eigenvalue weighted by Crippen LogP contribution is -2.04. The van der Waals surface area contributed by atoms with Crippen molar-refractivity contribution in [2.75, 3.05) is 0 Å². The van der Waals surface area contributed by atoms with E-state index in [1.165, 1.54) is 36.9 Å². The van der Waals surface area contributed by atoms with Crippen LogP contribution >= 0.6 is 11.6 Å². The lowest BCUT2D eigenvalue weighted by molar-refractivity contribution is 0.610. The van der Waals surface area contributed by atoms with E-state index in [-0.39, 0.29) is 0 Å². The second kappa shape index (κ2) is 4.66. The minimum absolute atomic E-state index is 0.938. The van der Waals surface area contributed by atoms with Gasteiger partial charge in [0, 0.05) is 11.1 Å². The SMILES string of the molecule is Clc1c2c(nc3ccccc13)CCCCCC2. The average Bonchev–Trinajstić information content (AvgIpc) is 2.32. The van der Waals surface area contributed by atoms with E-state index in [0.29, 0.717) is 0 Å². The van der Waals surface area contributed by atoms with Gasteiger partial charge < -0.3 is 0 Å². The first-order chi connectivity index (χ1) is 8.36. The van der Waals surface area contributed by atoms with Crippen LogP contribution < -0.4 is 0 Å². The molecule has 1 aliphatic carbocycles. The van der Waals surface area contributed by atoms with Gasteiger partial charge in [0.2, 0.25) is 0 Å². The molecule has 0 aliphatic heterocycles. The summed E-state index contributed by atoms with van der Waals surface area (Å²) in [6.45, 7) is 0. The fraction of sp³-hybridized carbons (Fsp3) is 0.400. The number of hydrogen-bond donors (Lipinski definition) is 0. The summed E-state index contributed by atoms with van der Waals surface area (Å²) in [5, 5.41) is 2.04. The van der Waals surface area contributed by atoms with E-state index in [1.54, 1.807) is 0 Å². The van der Waals surface area contributed by atoms with E-state index in [9.17, 15) is 0 Å². The standard InChI is InChI=1S/C15H16ClN/c16-15-11-7-3-1-2-4-9-13(11)17-14-10-6-5-8-12(14)15/h5-6,8,10H,1-4,7,9H2. The monoisotopic (exact) mass is 245 g/mol. The topological polar surface area (TPSA) is 12.9 Å². The highest BCUT2D eigenvalue weighted by Crippen LogP contribution is 2.31. The van der Waals surface area contributed by atoms with Crippen molar-refractivity contribution in [1.82, 2.24) is 4.98 Å². The summed E-state index contributed by atoms with van der Waals surface area (Å²) in [6, 6.07) is 8.19. The summed E-state index contributed by atoms with van der Waals surface area (Å²) in [6.07, 6.45) is 7.31. The summed E-state index contributed by atoms with van der Waals surface area (Å²) in [4.78, 5) is 4.79. The third kappa shape index (κ3) is 2.04.